The molecule has 1 unspecified atom stereocenters. The van der Waals surface area contributed by atoms with Gasteiger partial charge in [-0.15, -0.1) is 0 Å². The van der Waals surface area contributed by atoms with Gasteiger partial charge in [0, 0.05) is 67.1 Å². The third kappa shape index (κ3) is 6.37. The molecule has 1 amide bonds. The first-order valence-corrected chi connectivity index (χ1v) is 14.6. The molecule has 2 heterocycles. The van der Waals surface area contributed by atoms with Crippen LogP contribution >= 0.6 is 0 Å². The second-order valence-electron chi connectivity index (χ2n) is 10.9. The molecule has 2 aromatic carbocycles. The van der Waals surface area contributed by atoms with Crippen LogP contribution < -0.4 is 26.4 Å². The van der Waals surface area contributed by atoms with E-state index in [4.69, 9.17) is 4.98 Å². The van der Waals surface area contributed by atoms with Gasteiger partial charge in [0.25, 0.3) is 5.56 Å². The number of allylic oxidation sites excluding steroid dienone is 3. The normalized spacial score (nSPS) is 15.4. The van der Waals surface area contributed by atoms with E-state index in [0.29, 0.717) is 25.1 Å². The summed E-state index contributed by atoms with van der Waals surface area (Å²) in [6.45, 7) is 9.23. The summed E-state index contributed by atoms with van der Waals surface area (Å²) in [5, 5.41) is 9.82. The van der Waals surface area contributed by atoms with Gasteiger partial charge < -0.3 is 25.4 Å². The predicted octanol–water partition coefficient (Wildman–Crippen LogP) is 5.68. The molecule has 1 saturated heterocycles. The van der Waals surface area contributed by atoms with Gasteiger partial charge in [-0.1, -0.05) is 37.3 Å². The lowest BCUT2D eigenvalue weighted by Gasteiger charge is -2.33. The Bertz CT molecular complexity index is 1530. The third-order valence-corrected chi connectivity index (χ3v) is 7.92. The second kappa shape index (κ2) is 12.5. The molecule has 0 bridgehead atoms. The smallest absolute Gasteiger partial charge is 0.293 e. The van der Waals surface area contributed by atoms with Crippen molar-refractivity contribution in [2.75, 3.05) is 35.2 Å². The fraction of sp³-hybridized carbons (Fsp3) is 0.364. The van der Waals surface area contributed by atoms with Crippen LogP contribution in [0.5, 0.6) is 0 Å². The fourth-order valence-electron chi connectivity index (χ4n) is 5.19. The van der Waals surface area contributed by atoms with Gasteiger partial charge in [0.05, 0.1) is 5.69 Å². The number of hydrogen-bond acceptors (Lipinski definition) is 6. The molecule has 1 fully saturated rings. The lowest BCUT2D eigenvalue weighted by Crippen LogP contribution is -2.36. The van der Waals surface area contributed by atoms with Crippen molar-refractivity contribution >= 4 is 23.1 Å². The van der Waals surface area contributed by atoms with Crippen LogP contribution in [-0.2, 0) is 11.8 Å². The van der Waals surface area contributed by atoms with E-state index in [0.717, 1.165) is 47.6 Å². The monoisotopic (exact) mass is 552 g/mol. The number of anilines is 3. The van der Waals surface area contributed by atoms with Crippen LogP contribution in [0.1, 0.15) is 56.7 Å². The van der Waals surface area contributed by atoms with Gasteiger partial charge in [-0.2, -0.15) is 0 Å². The standard InChI is InChI=1S/C33H40N6O2/c1-5-18-34-32(40)25-10-14-26(15-11-25)36-31-33(41)38(4)21-30(37-31)28-8-6-9-29(22(28)2)35-23(3)24-12-16-27(17-13-24)39-19-7-20-39/h6,8-10,12-14,16-17,21,23,35H,5,7,11,15,18-20H2,1-4H3,(H,34,40)(H,36,37). The van der Waals surface area contributed by atoms with Crippen LogP contribution in [0.25, 0.3) is 11.3 Å². The van der Waals surface area contributed by atoms with E-state index >= 15 is 0 Å². The average molecular weight is 553 g/mol. The Balaban J connectivity index is 1.34. The van der Waals surface area contributed by atoms with Crippen LogP contribution in [0.15, 0.2) is 76.9 Å². The quantitative estimate of drug-likeness (QED) is 0.300. The van der Waals surface area contributed by atoms with Gasteiger partial charge in [-0.25, -0.2) is 4.98 Å². The number of amides is 1. The van der Waals surface area contributed by atoms with E-state index in [1.54, 1.807) is 17.8 Å². The minimum absolute atomic E-state index is 0.0276. The first-order valence-electron chi connectivity index (χ1n) is 14.6. The Morgan fingerprint density at radius 1 is 1.07 bits per heavy atom. The topological polar surface area (TPSA) is 91.3 Å². The minimum atomic E-state index is -0.202. The molecule has 5 rings (SSSR count). The highest BCUT2D eigenvalue weighted by molar-refractivity contribution is 5.94. The van der Waals surface area contributed by atoms with E-state index < -0.39 is 0 Å². The van der Waals surface area contributed by atoms with Crippen LogP contribution in [0.3, 0.4) is 0 Å². The van der Waals surface area contributed by atoms with Crippen molar-refractivity contribution in [3.8, 4) is 11.3 Å². The number of carbonyl (C=O) groups excluding carboxylic acids is 1. The predicted molar refractivity (Wildman–Crippen MR) is 167 cm³/mol. The molecule has 1 aliphatic carbocycles. The molecule has 0 saturated carbocycles. The van der Waals surface area contributed by atoms with Gasteiger partial charge in [0.2, 0.25) is 5.91 Å². The summed E-state index contributed by atoms with van der Waals surface area (Å²) >= 11 is 0. The van der Waals surface area contributed by atoms with Crippen LogP contribution in [0.4, 0.5) is 17.2 Å². The molecule has 3 aromatic rings. The Morgan fingerprint density at radius 2 is 1.85 bits per heavy atom. The third-order valence-electron chi connectivity index (χ3n) is 7.92. The molecule has 2 aliphatic rings. The summed E-state index contributed by atoms with van der Waals surface area (Å²) in [5.41, 5.74) is 7.69. The molecular formula is C33H40N6O2. The summed E-state index contributed by atoms with van der Waals surface area (Å²) in [6, 6.07) is 15.1. The number of carbonyl (C=O) groups is 1. The summed E-state index contributed by atoms with van der Waals surface area (Å²) in [4.78, 5) is 32.4. The maximum Gasteiger partial charge on any atom is 0.293 e. The zero-order valence-electron chi connectivity index (χ0n) is 24.5. The lowest BCUT2D eigenvalue weighted by atomic mass is 10.0. The Kier molecular flexibility index (Phi) is 8.57. The lowest BCUT2D eigenvalue weighted by molar-refractivity contribution is -0.117. The van der Waals surface area contributed by atoms with Gasteiger partial charge in [-0.05, 0) is 74.9 Å². The molecule has 41 heavy (non-hydrogen) atoms. The maximum atomic E-state index is 13.0. The first-order chi connectivity index (χ1) is 19.8. The van der Waals surface area contributed by atoms with Gasteiger partial charge in [-0.3, -0.25) is 9.59 Å². The number of hydrogen-bond donors (Lipinski definition) is 3. The van der Waals surface area contributed by atoms with Gasteiger partial charge in [0.1, 0.15) is 0 Å². The first kappa shape index (κ1) is 28.2. The fourth-order valence-corrected chi connectivity index (χ4v) is 5.19. The van der Waals surface area contributed by atoms with E-state index in [1.165, 1.54) is 17.7 Å². The number of aromatic nitrogens is 2. The molecule has 214 valence electrons. The van der Waals surface area contributed by atoms with Crippen molar-refractivity contribution in [3.05, 3.63) is 93.6 Å². The second-order valence-corrected chi connectivity index (χ2v) is 10.9. The molecular weight excluding hydrogens is 512 g/mol. The van der Waals surface area contributed by atoms with Crippen molar-refractivity contribution in [1.82, 2.24) is 14.9 Å². The SMILES string of the molecule is CCCNC(=O)C1=CC=C(Nc2nc(-c3cccc(NC(C)c4ccc(N5CCC5)cc4)c3C)cn(C)c2=O)CC1. The van der Waals surface area contributed by atoms with E-state index in [9.17, 15) is 9.59 Å². The Morgan fingerprint density at radius 3 is 2.51 bits per heavy atom. The number of rotatable bonds is 10. The summed E-state index contributed by atoms with van der Waals surface area (Å²) in [5.74, 6) is 0.247. The van der Waals surface area contributed by atoms with Crippen LogP contribution in [0, 0.1) is 6.92 Å². The van der Waals surface area contributed by atoms with Gasteiger partial charge in [0.15, 0.2) is 5.82 Å². The number of nitrogens with one attached hydrogen (secondary N) is 3. The van der Waals surface area contributed by atoms with Crippen LogP contribution in [0.2, 0.25) is 0 Å². The highest BCUT2D eigenvalue weighted by Crippen LogP contribution is 2.31. The zero-order chi connectivity index (χ0) is 28.9. The summed E-state index contributed by atoms with van der Waals surface area (Å²) in [6.07, 6.45) is 8.89. The molecule has 8 heteroatoms. The molecule has 1 aliphatic heterocycles. The Labute approximate surface area is 242 Å². The van der Waals surface area contributed by atoms with E-state index in [2.05, 4.69) is 65.0 Å². The molecule has 1 atom stereocenters. The van der Waals surface area contributed by atoms with Gasteiger partial charge >= 0.3 is 0 Å². The molecule has 1 aromatic heterocycles. The molecule has 0 spiro atoms. The zero-order valence-corrected chi connectivity index (χ0v) is 24.5. The van der Waals surface area contributed by atoms with E-state index in [-0.39, 0.29) is 23.3 Å². The van der Waals surface area contributed by atoms with E-state index in [1.807, 2.05) is 31.2 Å². The van der Waals surface area contributed by atoms with Crippen molar-refractivity contribution in [3.63, 3.8) is 0 Å². The van der Waals surface area contributed by atoms with Crippen LogP contribution in [-0.4, -0.2) is 35.1 Å². The minimum Gasteiger partial charge on any atom is -0.378 e. The summed E-state index contributed by atoms with van der Waals surface area (Å²) in [7, 11) is 1.74. The van der Waals surface area contributed by atoms with Crippen molar-refractivity contribution < 1.29 is 4.79 Å². The maximum absolute atomic E-state index is 13.0. The largest absolute Gasteiger partial charge is 0.378 e. The Hall–Kier alpha value is -4.33. The van der Waals surface area contributed by atoms with Crippen molar-refractivity contribution in [2.24, 2.45) is 7.05 Å². The van der Waals surface area contributed by atoms with Crippen molar-refractivity contribution in [1.29, 1.82) is 0 Å². The number of benzene rings is 2. The highest BCUT2D eigenvalue weighted by atomic mass is 16.1. The summed E-state index contributed by atoms with van der Waals surface area (Å²) < 4.78 is 1.56. The average Bonchev–Trinajstić information content (AvgIpc) is 2.95. The number of aryl methyl sites for hydroxylation is 1. The number of nitrogens with zero attached hydrogens (tertiary/aromatic N) is 3. The highest BCUT2D eigenvalue weighted by Gasteiger charge is 2.18. The molecule has 8 nitrogen and oxygen atoms in total. The molecule has 0 radical (unpaired) electrons. The molecule has 3 N–H and O–H groups in total. The van der Waals surface area contributed by atoms with Crippen molar-refractivity contribution in [2.45, 2.75) is 52.5 Å².